The summed E-state index contributed by atoms with van der Waals surface area (Å²) in [6, 6.07) is 5.37. The van der Waals surface area contributed by atoms with Crippen molar-refractivity contribution in [3.63, 3.8) is 0 Å². The summed E-state index contributed by atoms with van der Waals surface area (Å²) in [4.78, 5) is 26.3. The molecule has 0 saturated heterocycles. The van der Waals surface area contributed by atoms with E-state index >= 15 is 0 Å². The molecular weight excluding hydrogens is 308 g/mol. The van der Waals surface area contributed by atoms with Gasteiger partial charge < -0.3 is 14.6 Å². The van der Waals surface area contributed by atoms with Crippen LogP contribution in [0.5, 0.6) is 0 Å². The first-order valence-electron chi connectivity index (χ1n) is 8.26. The molecule has 0 aliphatic carbocycles. The van der Waals surface area contributed by atoms with E-state index in [2.05, 4.69) is 10.4 Å². The third-order valence-electron chi connectivity index (χ3n) is 4.16. The van der Waals surface area contributed by atoms with Crippen LogP contribution in [0.4, 0.5) is 0 Å². The zero-order chi connectivity index (χ0) is 16.9. The summed E-state index contributed by atoms with van der Waals surface area (Å²) in [5.74, 6) is 0.764. The zero-order valence-electron chi connectivity index (χ0n) is 13.8. The average molecular weight is 330 g/mol. The smallest absolute Gasteiger partial charge is 0.222 e. The lowest BCUT2D eigenvalue weighted by Crippen LogP contribution is -2.42. The summed E-state index contributed by atoms with van der Waals surface area (Å²) >= 11 is 0. The summed E-state index contributed by atoms with van der Waals surface area (Å²) in [7, 11) is 0. The fourth-order valence-electron chi connectivity index (χ4n) is 2.99. The van der Waals surface area contributed by atoms with Gasteiger partial charge in [0.25, 0.3) is 0 Å². The van der Waals surface area contributed by atoms with Crippen molar-refractivity contribution >= 4 is 11.8 Å². The highest BCUT2D eigenvalue weighted by molar-refractivity contribution is 5.78. The van der Waals surface area contributed by atoms with Crippen molar-refractivity contribution in [2.45, 2.75) is 45.3 Å². The van der Waals surface area contributed by atoms with Crippen molar-refractivity contribution in [3.8, 4) is 0 Å². The van der Waals surface area contributed by atoms with Crippen LogP contribution in [-0.2, 0) is 22.7 Å². The molecule has 3 heterocycles. The van der Waals surface area contributed by atoms with Crippen molar-refractivity contribution in [1.29, 1.82) is 0 Å². The number of rotatable bonds is 6. The quantitative estimate of drug-likeness (QED) is 0.877. The summed E-state index contributed by atoms with van der Waals surface area (Å²) in [5.41, 5.74) is 0.967. The maximum Gasteiger partial charge on any atom is 0.222 e. The van der Waals surface area contributed by atoms with Crippen LogP contribution in [0.25, 0.3) is 0 Å². The van der Waals surface area contributed by atoms with Gasteiger partial charge in [0.05, 0.1) is 37.5 Å². The van der Waals surface area contributed by atoms with E-state index in [1.807, 2.05) is 28.6 Å². The number of carbonyl (C=O) groups excluding carboxylic acids is 2. The molecule has 1 aliphatic heterocycles. The van der Waals surface area contributed by atoms with Crippen molar-refractivity contribution in [1.82, 2.24) is 20.0 Å². The second kappa shape index (κ2) is 7.33. The molecule has 1 atom stereocenters. The third kappa shape index (κ3) is 3.67. The molecule has 2 aromatic rings. The fourth-order valence-corrected chi connectivity index (χ4v) is 2.99. The van der Waals surface area contributed by atoms with Gasteiger partial charge in [-0.2, -0.15) is 5.10 Å². The summed E-state index contributed by atoms with van der Waals surface area (Å²) in [6.45, 7) is 3.43. The minimum absolute atomic E-state index is 0.0809. The predicted molar refractivity (Wildman–Crippen MR) is 86.8 cm³/mol. The normalized spacial score (nSPS) is 16.7. The Kier molecular flexibility index (Phi) is 4.98. The summed E-state index contributed by atoms with van der Waals surface area (Å²) in [6.07, 6.45) is 4.94. The molecule has 2 aromatic heterocycles. The van der Waals surface area contributed by atoms with Gasteiger partial charge in [0.15, 0.2) is 0 Å². The molecule has 0 fully saturated rings. The Morgan fingerprint density at radius 3 is 3.04 bits per heavy atom. The first-order valence-corrected chi connectivity index (χ1v) is 8.26. The van der Waals surface area contributed by atoms with Crippen LogP contribution in [0.3, 0.4) is 0 Å². The van der Waals surface area contributed by atoms with E-state index in [4.69, 9.17) is 4.42 Å². The molecule has 0 bridgehead atoms. The molecule has 2 amide bonds. The van der Waals surface area contributed by atoms with E-state index in [1.165, 1.54) is 0 Å². The first-order chi connectivity index (χ1) is 11.7. The van der Waals surface area contributed by atoms with E-state index in [0.29, 0.717) is 31.8 Å². The van der Waals surface area contributed by atoms with Gasteiger partial charge in [-0.1, -0.05) is 6.92 Å². The van der Waals surface area contributed by atoms with E-state index in [9.17, 15) is 9.59 Å². The van der Waals surface area contributed by atoms with E-state index in [0.717, 1.165) is 12.1 Å². The number of amides is 2. The SMILES string of the molecule is CCCC(=O)N1Cc2ccnn2[C@H](CC(=O)NCc2ccco2)C1. The number of carbonyl (C=O) groups is 2. The molecule has 0 spiro atoms. The highest BCUT2D eigenvalue weighted by Gasteiger charge is 2.29. The predicted octanol–water partition coefficient (Wildman–Crippen LogP) is 1.87. The van der Waals surface area contributed by atoms with E-state index in [-0.39, 0.29) is 24.3 Å². The fraction of sp³-hybridized carbons (Fsp3) is 0.471. The van der Waals surface area contributed by atoms with Crippen LogP contribution in [0.2, 0.25) is 0 Å². The molecule has 3 rings (SSSR count). The Morgan fingerprint density at radius 2 is 2.29 bits per heavy atom. The van der Waals surface area contributed by atoms with E-state index < -0.39 is 0 Å². The van der Waals surface area contributed by atoms with Crippen LogP contribution >= 0.6 is 0 Å². The number of aromatic nitrogens is 2. The molecular formula is C17H22N4O3. The maximum atomic E-state index is 12.2. The molecule has 1 aliphatic rings. The van der Waals surface area contributed by atoms with Crippen molar-refractivity contribution in [3.05, 3.63) is 42.1 Å². The maximum absolute atomic E-state index is 12.2. The van der Waals surface area contributed by atoms with E-state index in [1.54, 1.807) is 18.5 Å². The number of hydrogen-bond acceptors (Lipinski definition) is 4. The molecule has 7 nitrogen and oxygen atoms in total. The second-order valence-corrected chi connectivity index (χ2v) is 6.01. The topological polar surface area (TPSA) is 80.4 Å². The molecule has 0 saturated carbocycles. The summed E-state index contributed by atoms with van der Waals surface area (Å²) in [5, 5.41) is 7.17. The largest absolute Gasteiger partial charge is 0.467 e. The number of nitrogens with zero attached hydrogens (tertiary/aromatic N) is 3. The lowest BCUT2D eigenvalue weighted by atomic mass is 10.1. The molecule has 0 radical (unpaired) electrons. The van der Waals surface area contributed by atoms with Crippen molar-refractivity contribution < 1.29 is 14.0 Å². The van der Waals surface area contributed by atoms with Gasteiger partial charge >= 0.3 is 0 Å². The van der Waals surface area contributed by atoms with Crippen LogP contribution in [0.1, 0.15) is 43.7 Å². The van der Waals surface area contributed by atoms with Crippen LogP contribution in [-0.4, -0.2) is 33.0 Å². The highest BCUT2D eigenvalue weighted by Crippen LogP contribution is 2.23. The molecule has 0 aromatic carbocycles. The second-order valence-electron chi connectivity index (χ2n) is 6.01. The van der Waals surface area contributed by atoms with Gasteiger partial charge in [0.1, 0.15) is 5.76 Å². The Balaban J connectivity index is 1.63. The van der Waals surface area contributed by atoms with Gasteiger partial charge in [-0.15, -0.1) is 0 Å². The molecule has 0 unspecified atom stereocenters. The molecule has 7 heteroatoms. The minimum atomic E-state index is -0.138. The number of fused-ring (bicyclic) bond motifs is 1. The van der Waals surface area contributed by atoms with Crippen LogP contribution < -0.4 is 5.32 Å². The van der Waals surface area contributed by atoms with Crippen molar-refractivity contribution in [2.75, 3.05) is 6.54 Å². The van der Waals surface area contributed by atoms with Gasteiger partial charge in [-0.05, 0) is 24.6 Å². The molecule has 128 valence electrons. The average Bonchev–Trinajstić information content (AvgIpc) is 3.24. The number of nitrogens with one attached hydrogen (secondary N) is 1. The highest BCUT2D eigenvalue weighted by atomic mass is 16.3. The lowest BCUT2D eigenvalue weighted by Gasteiger charge is -2.33. The van der Waals surface area contributed by atoms with Gasteiger partial charge in [-0.3, -0.25) is 14.3 Å². The zero-order valence-corrected chi connectivity index (χ0v) is 13.8. The Hall–Kier alpha value is -2.57. The number of furan rings is 1. The van der Waals surface area contributed by atoms with Crippen LogP contribution in [0.15, 0.2) is 35.1 Å². The first kappa shape index (κ1) is 16.3. The van der Waals surface area contributed by atoms with Crippen molar-refractivity contribution in [2.24, 2.45) is 0 Å². The van der Waals surface area contributed by atoms with Gasteiger partial charge in [-0.25, -0.2) is 0 Å². The Bertz CT molecular complexity index is 693. The Labute approximate surface area is 140 Å². The number of hydrogen-bond donors (Lipinski definition) is 1. The molecule has 24 heavy (non-hydrogen) atoms. The molecule has 1 N–H and O–H groups in total. The summed E-state index contributed by atoms with van der Waals surface area (Å²) < 4.78 is 7.07. The van der Waals surface area contributed by atoms with Gasteiger partial charge in [0.2, 0.25) is 11.8 Å². The van der Waals surface area contributed by atoms with Gasteiger partial charge in [0, 0.05) is 19.2 Å². The minimum Gasteiger partial charge on any atom is -0.467 e. The lowest BCUT2D eigenvalue weighted by molar-refractivity contribution is -0.134. The van der Waals surface area contributed by atoms with Crippen LogP contribution in [0, 0.1) is 0 Å². The Morgan fingerprint density at radius 1 is 1.42 bits per heavy atom. The standard InChI is InChI=1S/C17H22N4O3/c1-2-4-17(23)20-11-13-6-7-19-21(13)14(12-20)9-16(22)18-10-15-5-3-8-24-15/h3,5-8,14H,2,4,9-12H2,1H3,(H,18,22)/t14-/m1/s1. The third-order valence-corrected chi connectivity index (χ3v) is 4.16. The monoisotopic (exact) mass is 330 g/mol.